The Morgan fingerprint density at radius 1 is 0.875 bits per heavy atom. The fraction of sp³-hybridized carbons (Fsp3) is 0.462. The Hall–Kier alpha value is -4.46. The predicted octanol–water partition coefficient (Wildman–Crippen LogP) is -1.24. The van der Waals surface area contributed by atoms with Crippen LogP contribution in [0.5, 0.6) is 0 Å². The number of hydrogen-bond donors (Lipinski definition) is 8. The smallest absolute Gasteiger partial charge is 0.326 e. The molecule has 0 radical (unpaired) electrons. The first-order valence-electron chi connectivity index (χ1n) is 12.8. The maximum Gasteiger partial charge on any atom is 0.326 e. The number of rotatable bonds is 16. The largest absolute Gasteiger partial charge is 0.480 e. The number of carbonyl (C=O) groups excluding carboxylic acids is 5. The van der Waals surface area contributed by atoms with Crippen LogP contribution in [0.4, 0.5) is 0 Å². The first kappa shape index (κ1) is 31.8. The fourth-order valence-corrected chi connectivity index (χ4v) is 4.09. The van der Waals surface area contributed by atoms with Gasteiger partial charge in [-0.3, -0.25) is 24.0 Å². The first-order valence-corrected chi connectivity index (χ1v) is 12.8. The quantitative estimate of drug-likeness (QED) is 0.123. The fourth-order valence-electron chi connectivity index (χ4n) is 4.09. The molecule has 1 aromatic carbocycles. The van der Waals surface area contributed by atoms with Crippen LogP contribution in [0.25, 0.3) is 10.9 Å². The second kappa shape index (κ2) is 14.6. The number of primary amides is 2. The van der Waals surface area contributed by atoms with E-state index >= 15 is 0 Å². The molecule has 4 atom stereocenters. The highest BCUT2D eigenvalue weighted by atomic mass is 16.4. The molecule has 0 aliphatic heterocycles. The minimum Gasteiger partial charge on any atom is -0.480 e. The molecule has 14 nitrogen and oxygen atoms in total. The molecule has 11 N–H and O–H groups in total. The van der Waals surface area contributed by atoms with E-state index in [0.717, 1.165) is 10.9 Å². The average Bonchev–Trinajstić information content (AvgIpc) is 3.28. The summed E-state index contributed by atoms with van der Waals surface area (Å²) >= 11 is 0. The second-order valence-electron chi connectivity index (χ2n) is 10.00. The third kappa shape index (κ3) is 9.69. The number of carboxylic acid groups (broad SMARTS) is 1. The van der Waals surface area contributed by atoms with E-state index in [1.807, 2.05) is 18.2 Å². The number of carboxylic acids is 1. The van der Waals surface area contributed by atoms with Crippen molar-refractivity contribution in [2.24, 2.45) is 23.1 Å². The lowest BCUT2D eigenvalue weighted by Crippen LogP contribution is -2.58. The van der Waals surface area contributed by atoms with Crippen LogP contribution in [0.1, 0.15) is 45.1 Å². The van der Waals surface area contributed by atoms with Gasteiger partial charge in [-0.2, -0.15) is 0 Å². The van der Waals surface area contributed by atoms with Crippen LogP contribution in [-0.4, -0.2) is 69.8 Å². The summed E-state index contributed by atoms with van der Waals surface area (Å²) in [5.41, 5.74) is 17.8. The van der Waals surface area contributed by atoms with E-state index in [0.29, 0.717) is 5.56 Å². The zero-order valence-electron chi connectivity index (χ0n) is 22.4. The standard InChI is InChI=1S/C26H37N7O7/c1-13(2)9-20(26(39)40)33-25(38)19(11-22(29)35)32-24(37)18(31-23(36)16(27)7-8-21(28)34)10-14-12-30-17-6-4-3-5-15(14)17/h3-6,12-13,16,18-20,30H,7-11,27H2,1-2H3,(H2,28,34)(H2,29,35)(H,31,36)(H,32,37)(H,33,38)(H,39,40). The van der Waals surface area contributed by atoms with Crippen LogP contribution in [0, 0.1) is 5.92 Å². The van der Waals surface area contributed by atoms with E-state index in [-0.39, 0.29) is 31.6 Å². The van der Waals surface area contributed by atoms with Gasteiger partial charge in [0, 0.05) is 29.9 Å². The summed E-state index contributed by atoms with van der Waals surface area (Å²) in [5, 5.41) is 17.6. The molecule has 0 aliphatic rings. The molecule has 0 aliphatic carbocycles. The van der Waals surface area contributed by atoms with Crippen molar-refractivity contribution in [2.45, 2.75) is 70.1 Å². The number of aromatic amines is 1. The maximum atomic E-state index is 13.4. The molecule has 4 unspecified atom stereocenters. The lowest BCUT2D eigenvalue weighted by molar-refractivity contribution is -0.143. The number of H-pyrrole nitrogens is 1. The highest BCUT2D eigenvalue weighted by molar-refractivity contribution is 5.96. The molecule has 0 spiro atoms. The highest BCUT2D eigenvalue weighted by Gasteiger charge is 2.32. The molecule has 0 bridgehead atoms. The maximum absolute atomic E-state index is 13.4. The minimum atomic E-state index is -1.51. The number of aliphatic carboxylic acids is 1. The average molecular weight is 560 g/mol. The molecule has 1 heterocycles. The van der Waals surface area contributed by atoms with Crippen molar-refractivity contribution >= 4 is 46.4 Å². The van der Waals surface area contributed by atoms with Crippen molar-refractivity contribution in [3.05, 3.63) is 36.0 Å². The Kier molecular flexibility index (Phi) is 11.6. The summed E-state index contributed by atoms with van der Waals surface area (Å²) in [5.74, 6) is -5.40. The molecular formula is C26H37N7O7. The van der Waals surface area contributed by atoms with Crippen molar-refractivity contribution in [1.29, 1.82) is 0 Å². The number of amides is 5. The summed E-state index contributed by atoms with van der Waals surface area (Å²) in [6, 6.07) is 2.09. The molecule has 40 heavy (non-hydrogen) atoms. The Morgan fingerprint density at radius 3 is 2.08 bits per heavy atom. The molecule has 5 amide bonds. The van der Waals surface area contributed by atoms with Crippen molar-refractivity contribution in [3.63, 3.8) is 0 Å². The van der Waals surface area contributed by atoms with E-state index in [9.17, 15) is 33.9 Å². The van der Waals surface area contributed by atoms with E-state index in [2.05, 4.69) is 20.9 Å². The summed E-state index contributed by atoms with van der Waals surface area (Å²) in [4.78, 5) is 76.7. The molecule has 2 aromatic rings. The predicted molar refractivity (Wildman–Crippen MR) is 145 cm³/mol. The van der Waals surface area contributed by atoms with Gasteiger partial charge in [0.25, 0.3) is 0 Å². The Labute approximate surface area is 230 Å². The number of fused-ring (bicyclic) bond motifs is 1. The van der Waals surface area contributed by atoms with Crippen LogP contribution >= 0.6 is 0 Å². The molecule has 218 valence electrons. The molecule has 1 aromatic heterocycles. The van der Waals surface area contributed by atoms with Gasteiger partial charge in [0.05, 0.1) is 12.5 Å². The topological polar surface area (TPSA) is 253 Å². The lowest BCUT2D eigenvalue weighted by Gasteiger charge is -2.25. The lowest BCUT2D eigenvalue weighted by atomic mass is 10.0. The number of nitrogens with one attached hydrogen (secondary N) is 4. The third-order valence-corrected chi connectivity index (χ3v) is 6.13. The minimum absolute atomic E-state index is 0.0276. The zero-order valence-corrected chi connectivity index (χ0v) is 22.4. The van der Waals surface area contributed by atoms with Crippen LogP contribution in [0.2, 0.25) is 0 Å². The van der Waals surface area contributed by atoms with Crippen molar-refractivity contribution in [3.8, 4) is 0 Å². The van der Waals surface area contributed by atoms with Gasteiger partial charge < -0.3 is 43.2 Å². The number of hydrogen-bond acceptors (Lipinski definition) is 7. The molecule has 0 saturated heterocycles. The van der Waals surface area contributed by atoms with E-state index in [4.69, 9.17) is 17.2 Å². The monoisotopic (exact) mass is 559 g/mol. The van der Waals surface area contributed by atoms with Crippen molar-refractivity contribution < 1.29 is 33.9 Å². The van der Waals surface area contributed by atoms with Crippen LogP contribution in [0.15, 0.2) is 30.5 Å². The Morgan fingerprint density at radius 2 is 1.48 bits per heavy atom. The summed E-state index contributed by atoms with van der Waals surface area (Å²) < 4.78 is 0. The van der Waals surface area contributed by atoms with Gasteiger partial charge in [0.1, 0.15) is 18.1 Å². The SMILES string of the molecule is CC(C)CC(NC(=O)C(CC(N)=O)NC(=O)C(Cc1c[nH]c2ccccc12)NC(=O)C(N)CCC(N)=O)C(=O)O. The highest BCUT2D eigenvalue weighted by Crippen LogP contribution is 2.19. The van der Waals surface area contributed by atoms with Gasteiger partial charge in [0.2, 0.25) is 29.5 Å². The van der Waals surface area contributed by atoms with Crippen molar-refractivity contribution in [2.75, 3.05) is 0 Å². The summed E-state index contributed by atoms with van der Waals surface area (Å²) in [6.45, 7) is 3.55. The van der Waals surface area contributed by atoms with Gasteiger partial charge in [-0.15, -0.1) is 0 Å². The van der Waals surface area contributed by atoms with Crippen LogP contribution in [0.3, 0.4) is 0 Å². The number of benzene rings is 1. The van der Waals surface area contributed by atoms with E-state index < -0.39 is 66.1 Å². The van der Waals surface area contributed by atoms with E-state index in [1.54, 1.807) is 26.1 Å². The molecule has 0 fully saturated rings. The van der Waals surface area contributed by atoms with Crippen molar-refractivity contribution in [1.82, 2.24) is 20.9 Å². The van der Waals surface area contributed by atoms with Gasteiger partial charge in [-0.1, -0.05) is 32.0 Å². The second-order valence-corrected chi connectivity index (χ2v) is 10.00. The Balaban J connectivity index is 2.30. The zero-order chi connectivity index (χ0) is 30.0. The van der Waals surface area contributed by atoms with Crippen LogP contribution < -0.4 is 33.2 Å². The summed E-state index contributed by atoms with van der Waals surface area (Å²) in [6.07, 6.45) is 0.942. The van der Waals surface area contributed by atoms with Gasteiger partial charge >= 0.3 is 5.97 Å². The molecule has 0 saturated carbocycles. The van der Waals surface area contributed by atoms with Gasteiger partial charge in [-0.05, 0) is 30.4 Å². The number of aromatic nitrogens is 1. The normalized spacial score (nSPS) is 14.1. The molecule has 2 rings (SSSR count). The Bertz CT molecular complexity index is 1240. The third-order valence-electron chi connectivity index (χ3n) is 6.13. The number of nitrogens with two attached hydrogens (primary N) is 3. The van der Waals surface area contributed by atoms with E-state index in [1.165, 1.54) is 0 Å². The first-order chi connectivity index (χ1) is 18.8. The summed E-state index contributed by atoms with van der Waals surface area (Å²) in [7, 11) is 0. The number of para-hydroxylation sites is 1. The van der Waals surface area contributed by atoms with Crippen LogP contribution in [-0.2, 0) is 35.2 Å². The molecule has 14 heteroatoms. The van der Waals surface area contributed by atoms with Gasteiger partial charge in [-0.25, -0.2) is 4.79 Å². The van der Waals surface area contributed by atoms with Gasteiger partial charge in [0.15, 0.2) is 0 Å². The molecular weight excluding hydrogens is 522 g/mol. The number of carbonyl (C=O) groups is 6.